The van der Waals surface area contributed by atoms with Crippen LogP contribution < -0.4 is 4.90 Å². The second-order valence-corrected chi connectivity index (χ2v) is 21.2. The summed E-state index contributed by atoms with van der Waals surface area (Å²) in [7, 11) is 0. The van der Waals surface area contributed by atoms with Crippen molar-refractivity contribution in [2.75, 3.05) is 18.0 Å². The van der Waals surface area contributed by atoms with Crippen LogP contribution in [-0.4, -0.2) is 70.1 Å². The number of carbonyl (C=O) groups is 1. The van der Waals surface area contributed by atoms with E-state index in [-0.39, 0.29) is 35.5 Å². The van der Waals surface area contributed by atoms with Crippen LogP contribution in [0.4, 0.5) is 5.69 Å². The molecule has 2 aromatic heterocycles. The fourth-order valence-corrected chi connectivity index (χ4v) is 12.5. The van der Waals surface area contributed by atoms with E-state index in [1.807, 2.05) is 4.90 Å². The molecule has 4 atom stereocenters. The molecule has 64 heavy (non-hydrogen) atoms. The number of anilines is 1. The summed E-state index contributed by atoms with van der Waals surface area (Å²) in [6, 6.07) is 23.0. The number of aromatic nitrogens is 4. The molecule has 5 aliphatic rings. The van der Waals surface area contributed by atoms with Crippen molar-refractivity contribution in [1.29, 1.82) is 0 Å². The Morgan fingerprint density at radius 1 is 0.625 bits per heavy atom. The van der Waals surface area contributed by atoms with E-state index in [0.717, 1.165) is 136 Å². The van der Waals surface area contributed by atoms with Gasteiger partial charge in [-0.3, -0.25) is 4.79 Å². The topological polar surface area (TPSA) is 125 Å². The molecule has 5 heterocycles. The number of aliphatic hydroxyl groups is 2. The van der Waals surface area contributed by atoms with Gasteiger partial charge in [0.15, 0.2) is 0 Å². The molecule has 340 valence electrons. The number of aromatic amines is 2. The zero-order chi connectivity index (χ0) is 44.2. The number of hydrogen-bond acceptors (Lipinski definition) is 7. The minimum Gasteiger partial charge on any atom is -0.384 e. The number of amides is 1. The predicted octanol–water partition coefficient (Wildman–Crippen LogP) is 11.7. The fraction of sp³-hybridized carbons (Fsp3) is 0.574. The van der Waals surface area contributed by atoms with E-state index in [2.05, 4.69) is 114 Å². The number of H-pyrrole nitrogens is 2. The summed E-state index contributed by atoms with van der Waals surface area (Å²) in [6.07, 6.45) is 19.3. The minimum absolute atomic E-state index is 0.0537. The third-order valence-electron chi connectivity index (χ3n) is 16.0. The number of benzene rings is 3. The molecule has 4 N–H and O–H groups in total. The van der Waals surface area contributed by atoms with Crippen molar-refractivity contribution in [1.82, 2.24) is 29.7 Å². The first kappa shape index (κ1) is 43.2. The quantitative estimate of drug-likeness (QED) is 0.114. The summed E-state index contributed by atoms with van der Waals surface area (Å²) in [5, 5.41) is 23.6. The van der Waals surface area contributed by atoms with Gasteiger partial charge < -0.3 is 34.9 Å². The number of rotatable bonds is 8. The van der Waals surface area contributed by atoms with E-state index in [0.29, 0.717) is 19.4 Å². The molecule has 0 bridgehead atoms. The van der Waals surface area contributed by atoms with Gasteiger partial charge >= 0.3 is 0 Å². The van der Waals surface area contributed by atoms with Crippen LogP contribution in [0, 0.1) is 0 Å². The highest BCUT2D eigenvalue weighted by atomic mass is 16.3. The van der Waals surface area contributed by atoms with Gasteiger partial charge in [-0.1, -0.05) is 102 Å². The number of likely N-dealkylation sites (tertiary alicyclic amines) is 2. The van der Waals surface area contributed by atoms with Crippen molar-refractivity contribution in [2.45, 2.75) is 184 Å². The van der Waals surface area contributed by atoms with Crippen molar-refractivity contribution in [3.8, 4) is 0 Å². The highest BCUT2D eigenvalue weighted by Gasteiger charge is 2.45. The van der Waals surface area contributed by atoms with E-state index in [1.165, 1.54) is 35.2 Å². The number of imidazole rings is 2. The van der Waals surface area contributed by atoms with Crippen LogP contribution in [0.3, 0.4) is 0 Å². The smallest absolute Gasteiger partial charge is 0.255 e. The first-order valence-electron chi connectivity index (χ1n) is 25.0. The van der Waals surface area contributed by atoms with Gasteiger partial charge in [0.2, 0.25) is 0 Å². The standard InChI is InChI=1S/C54H71N7O3/c1-5-48(53(63)28-10-6-7-11-29-53)59-32-14-16-46(59)49-55-40-24-18-36(34-42(40)57-49)44-26-27-45(61(44)39-22-20-38(21-23-39)52(2,3)4)37-19-25-41-43(35-37)58-50(56-41)47-17-15-33-60(47)51(62)54(64)30-12-8-9-13-31-54/h5,18-25,34-35,44-47,63-64H,6-17,26-33H2,1-4H3,(H,55,57)(H,56,58)/b48-5-/t44-,45-,46+,47+/m0/s1. The van der Waals surface area contributed by atoms with Crippen molar-refractivity contribution < 1.29 is 15.0 Å². The lowest BCUT2D eigenvalue weighted by molar-refractivity contribution is -0.154. The van der Waals surface area contributed by atoms with E-state index >= 15 is 0 Å². The van der Waals surface area contributed by atoms with Crippen LogP contribution in [0.2, 0.25) is 0 Å². The van der Waals surface area contributed by atoms with Crippen molar-refractivity contribution in [3.05, 3.63) is 101 Å². The lowest BCUT2D eigenvalue weighted by atomic mass is 9.87. The summed E-state index contributed by atoms with van der Waals surface area (Å²) >= 11 is 0. The van der Waals surface area contributed by atoms with Gasteiger partial charge in [-0.15, -0.1) is 0 Å². The Morgan fingerprint density at radius 3 is 1.61 bits per heavy atom. The molecule has 0 radical (unpaired) electrons. The lowest BCUT2D eigenvalue weighted by Gasteiger charge is -2.38. The van der Waals surface area contributed by atoms with Gasteiger partial charge in [-0.2, -0.15) is 0 Å². The SMILES string of the molecule is C/C=C(\N1CCC[C@@H]1c1nc2ccc([C@@H]3CC[C@@H](c4ccc5nc([C@H]6CCCN6C(=O)C6(O)CCCCCC6)[nH]c5c4)N3c3ccc(C(C)(C)C)cc3)cc2[nH]1)C1(O)CCCCCC1. The summed E-state index contributed by atoms with van der Waals surface area (Å²) < 4.78 is 0. The first-order valence-corrected chi connectivity index (χ1v) is 25.0. The van der Waals surface area contributed by atoms with Gasteiger partial charge in [0.1, 0.15) is 22.9 Å². The molecule has 10 heteroatoms. The van der Waals surface area contributed by atoms with Crippen LogP contribution in [0.5, 0.6) is 0 Å². The third kappa shape index (κ3) is 8.05. The maximum atomic E-state index is 14.0. The van der Waals surface area contributed by atoms with E-state index in [4.69, 9.17) is 9.97 Å². The summed E-state index contributed by atoms with van der Waals surface area (Å²) in [4.78, 5) is 38.8. The molecule has 2 aliphatic carbocycles. The zero-order valence-electron chi connectivity index (χ0n) is 38.8. The van der Waals surface area contributed by atoms with Gasteiger partial charge in [-0.25, -0.2) is 9.97 Å². The lowest BCUT2D eigenvalue weighted by Crippen LogP contribution is -2.48. The predicted molar refractivity (Wildman–Crippen MR) is 256 cm³/mol. The van der Waals surface area contributed by atoms with Crippen molar-refractivity contribution in [2.24, 2.45) is 0 Å². The molecule has 2 saturated carbocycles. The second-order valence-electron chi connectivity index (χ2n) is 21.2. The molecule has 5 aromatic rings. The molecule has 3 saturated heterocycles. The molecule has 5 fully saturated rings. The average molecular weight is 866 g/mol. The van der Waals surface area contributed by atoms with E-state index in [1.54, 1.807) is 0 Å². The van der Waals surface area contributed by atoms with Gasteiger partial charge in [0, 0.05) is 24.5 Å². The minimum atomic E-state index is -1.26. The molecule has 1 amide bonds. The Morgan fingerprint density at radius 2 is 1.11 bits per heavy atom. The Labute approximate surface area is 379 Å². The van der Waals surface area contributed by atoms with E-state index in [9.17, 15) is 15.0 Å². The zero-order valence-corrected chi connectivity index (χ0v) is 38.8. The number of allylic oxidation sites excluding steroid dienone is 1. The summed E-state index contributed by atoms with van der Waals surface area (Å²) in [5.41, 5.74) is 8.14. The first-order chi connectivity index (χ1) is 30.9. The maximum Gasteiger partial charge on any atom is 0.255 e. The van der Waals surface area contributed by atoms with Crippen LogP contribution >= 0.6 is 0 Å². The molecule has 0 unspecified atom stereocenters. The summed E-state index contributed by atoms with van der Waals surface area (Å²) in [6.45, 7) is 10.5. The van der Waals surface area contributed by atoms with Crippen molar-refractivity contribution >= 4 is 33.7 Å². The van der Waals surface area contributed by atoms with Crippen molar-refractivity contribution in [3.63, 3.8) is 0 Å². The molecule has 10 nitrogen and oxygen atoms in total. The number of nitrogens with zero attached hydrogens (tertiary/aromatic N) is 5. The van der Waals surface area contributed by atoms with Crippen LogP contribution in [-0.2, 0) is 10.2 Å². The van der Waals surface area contributed by atoms with Crippen LogP contribution in [0.15, 0.2) is 72.4 Å². The Balaban J connectivity index is 0.946. The number of hydrogen-bond donors (Lipinski definition) is 4. The second kappa shape index (κ2) is 17.3. The maximum absolute atomic E-state index is 14.0. The highest BCUT2D eigenvalue weighted by molar-refractivity contribution is 5.86. The Bertz CT molecular complexity index is 2480. The van der Waals surface area contributed by atoms with Crippen LogP contribution in [0.1, 0.15) is 196 Å². The van der Waals surface area contributed by atoms with Gasteiger partial charge in [-0.05, 0) is 130 Å². The highest BCUT2D eigenvalue weighted by Crippen LogP contribution is 2.49. The normalized spacial score (nSPS) is 25.7. The number of fused-ring (bicyclic) bond motifs is 2. The molecular formula is C54H71N7O3. The fourth-order valence-electron chi connectivity index (χ4n) is 12.5. The molecular weight excluding hydrogens is 795 g/mol. The summed E-state index contributed by atoms with van der Waals surface area (Å²) in [5.74, 6) is 1.71. The van der Waals surface area contributed by atoms with Crippen LogP contribution in [0.25, 0.3) is 22.1 Å². The Hall–Kier alpha value is -4.67. The largest absolute Gasteiger partial charge is 0.384 e. The molecule has 3 aliphatic heterocycles. The molecule has 10 rings (SSSR count). The third-order valence-corrected chi connectivity index (χ3v) is 16.0. The monoisotopic (exact) mass is 866 g/mol. The van der Waals surface area contributed by atoms with Gasteiger partial charge in [0.25, 0.3) is 5.91 Å². The average Bonchev–Trinajstić information content (AvgIpc) is 4.13. The Kier molecular flexibility index (Phi) is 11.7. The molecule has 3 aromatic carbocycles. The van der Waals surface area contributed by atoms with E-state index < -0.39 is 11.2 Å². The number of carbonyl (C=O) groups excluding carboxylic acids is 1. The van der Waals surface area contributed by atoms with Gasteiger partial charge in [0.05, 0.1) is 46.2 Å². The molecule has 0 spiro atoms. The number of nitrogens with one attached hydrogen (secondary N) is 2.